The van der Waals surface area contributed by atoms with Crippen LogP contribution in [0.15, 0.2) is 54.6 Å². The topological polar surface area (TPSA) is 67.4 Å². The summed E-state index contributed by atoms with van der Waals surface area (Å²) in [6.45, 7) is 6.37. The minimum absolute atomic E-state index is 0.110. The first-order chi connectivity index (χ1) is 12.4. The van der Waals surface area contributed by atoms with Gasteiger partial charge in [0.15, 0.2) is 6.61 Å². The fraction of sp³-hybridized carbons (Fsp3) is 0.333. The first kappa shape index (κ1) is 19.5. The molecule has 2 N–H and O–H groups in total. The van der Waals surface area contributed by atoms with Gasteiger partial charge >= 0.3 is 0 Å². The van der Waals surface area contributed by atoms with Crippen molar-refractivity contribution in [1.82, 2.24) is 10.9 Å². The summed E-state index contributed by atoms with van der Waals surface area (Å²) in [5.41, 5.74) is 6.96. The Morgan fingerprint density at radius 2 is 1.54 bits per heavy atom. The van der Waals surface area contributed by atoms with Crippen molar-refractivity contribution in [2.45, 2.75) is 39.0 Å². The van der Waals surface area contributed by atoms with Gasteiger partial charge in [0, 0.05) is 0 Å². The van der Waals surface area contributed by atoms with Crippen molar-refractivity contribution < 1.29 is 14.3 Å². The summed E-state index contributed by atoms with van der Waals surface area (Å²) in [5.74, 6) is -0.0773. The molecule has 0 aromatic heterocycles. The van der Waals surface area contributed by atoms with Crippen molar-refractivity contribution in [3.63, 3.8) is 0 Å². The van der Waals surface area contributed by atoms with Gasteiger partial charge in [-0.15, -0.1) is 0 Å². The molecule has 0 aliphatic carbocycles. The van der Waals surface area contributed by atoms with Gasteiger partial charge < -0.3 is 4.74 Å². The number of nitrogens with one attached hydrogen (secondary N) is 2. The van der Waals surface area contributed by atoms with Crippen molar-refractivity contribution in [2.24, 2.45) is 0 Å². The summed E-state index contributed by atoms with van der Waals surface area (Å²) < 4.78 is 5.46. The fourth-order valence-corrected chi connectivity index (χ4v) is 2.36. The van der Waals surface area contributed by atoms with E-state index < -0.39 is 5.91 Å². The normalized spacial score (nSPS) is 10.9. The molecular weight excluding hydrogens is 328 g/mol. The Morgan fingerprint density at radius 1 is 0.923 bits per heavy atom. The maximum atomic E-state index is 11.8. The number of amides is 2. The lowest BCUT2D eigenvalue weighted by molar-refractivity contribution is -0.129. The Morgan fingerprint density at radius 3 is 2.15 bits per heavy atom. The zero-order valence-corrected chi connectivity index (χ0v) is 15.5. The van der Waals surface area contributed by atoms with E-state index in [9.17, 15) is 9.59 Å². The third kappa shape index (κ3) is 5.92. The first-order valence-corrected chi connectivity index (χ1v) is 8.75. The van der Waals surface area contributed by atoms with Gasteiger partial charge in [-0.2, -0.15) is 0 Å². The van der Waals surface area contributed by atoms with Crippen LogP contribution in [0.1, 0.15) is 38.3 Å². The number of hydrogen-bond donors (Lipinski definition) is 2. The molecule has 0 atom stereocenters. The van der Waals surface area contributed by atoms with Gasteiger partial charge in [0.05, 0.1) is 6.42 Å². The van der Waals surface area contributed by atoms with Crippen LogP contribution in [-0.4, -0.2) is 18.4 Å². The maximum Gasteiger partial charge on any atom is 0.276 e. The minimum Gasteiger partial charge on any atom is -0.484 e. The zero-order chi connectivity index (χ0) is 19.0. The third-order valence-electron chi connectivity index (χ3n) is 4.44. The summed E-state index contributed by atoms with van der Waals surface area (Å²) in [4.78, 5) is 23.6. The Labute approximate surface area is 154 Å². The number of hydrogen-bond acceptors (Lipinski definition) is 3. The number of rotatable bonds is 7. The lowest BCUT2D eigenvalue weighted by Crippen LogP contribution is -2.44. The molecule has 0 aliphatic rings. The minimum atomic E-state index is -0.413. The third-order valence-corrected chi connectivity index (χ3v) is 4.44. The van der Waals surface area contributed by atoms with Gasteiger partial charge in [-0.25, -0.2) is 0 Å². The van der Waals surface area contributed by atoms with Crippen LogP contribution in [-0.2, 0) is 21.4 Å². The van der Waals surface area contributed by atoms with E-state index in [-0.39, 0.29) is 24.3 Å². The van der Waals surface area contributed by atoms with Gasteiger partial charge in [0.25, 0.3) is 5.91 Å². The largest absolute Gasteiger partial charge is 0.484 e. The lowest BCUT2D eigenvalue weighted by atomic mass is 9.82. The molecule has 2 aromatic carbocycles. The molecule has 26 heavy (non-hydrogen) atoms. The molecule has 2 aromatic rings. The van der Waals surface area contributed by atoms with Crippen LogP contribution in [0.4, 0.5) is 0 Å². The SMILES string of the molecule is CCC(C)(C)c1ccc(OCC(=O)NNC(=O)Cc2ccccc2)cc1. The Balaban J connectivity index is 1.74. The van der Waals surface area contributed by atoms with E-state index in [1.807, 2.05) is 54.6 Å². The second kappa shape index (κ2) is 9.04. The second-order valence-corrected chi connectivity index (χ2v) is 6.81. The van der Waals surface area contributed by atoms with E-state index in [4.69, 9.17) is 4.74 Å². The Kier molecular flexibility index (Phi) is 6.78. The first-order valence-electron chi connectivity index (χ1n) is 8.75. The summed E-state index contributed by atoms with van der Waals surface area (Å²) in [6, 6.07) is 17.1. The molecule has 0 bridgehead atoms. The van der Waals surface area contributed by atoms with Gasteiger partial charge in [0.2, 0.25) is 5.91 Å². The van der Waals surface area contributed by atoms with Crippen molar-refractivity contribution >= 4 is 11.8 Å². The van der Waals surface area contributed by atoms with Gasteiger partial charge in [-0.3, -0.25) is 20.4 Å². The van der Waals surface area contributed by atoms with Crippen LogP contribution in [0, 0.1) is 0 Å². The number of ether oxygens (including phenoxy) is 1. The monoisotopic (exact) mass is 354 g/mol. The van der Waals surface area contributed by atoms with Crippen LogP contribution in [0.25, 0.3) is 0 Å². The maximum absolute atomic E-state index is 11.8. The molecular formula is C21H26N2O3. The van der Waals surface area contributed by atoms with E-state index in [0.29, 0.717) is 5.75 Å². The fourth-order valence-electron chi connectivity index (χ4n) is 2.36. The van der Waals surface area contributed by atoms with Crippen LogP contribution in [0.3, 0.4) is 0 Å². The van der Waals surface area contributed by atoms with Gasteiger partial charge in [-0.1, -0.05) is 63.2 Å². The zero-order valence-electron chi connectivity index (χ0n) is 15.5. The quantitative estimate of drug-likeness (QED) is 0.751. The molecule has 2 amide bonds. The molecule has 138 valence electrons. The summed E-state index contributed by atoms with van der Waals surface area (Å²) in [7, 11) is 0. The van der Waals surface area contributed by atoms with Crippen molar-refractivity contribution in [3.05, 3.63) is 65.7 Å². The highest BCUT2D eigenvalue weighted by atomic mass is 16.5. The average molecular weight is 354 g/mol. The molecule has 0 unspecified atom stereocenters. The summed E-state index contributed by atoms with van der Waals surface area (Å²) in [6.07, 6.45) is 1.24. The van der Waals surface area contributed by atoms with E-state index >= 15 is 0 Å². The predicted octanol–water partition coefficient (Wildman–Crippen LogP) is 3.14. The molecule has 2 rings (SSSR count). The standard InChI is InChI=1S/C21H26N2O3/c1-4-21(2,3)17-10-12-18(13-11-17)26-15-20(25)23-22-19(24)14-16-8-6-5-7-9-16/h5-13H,4,14-15H2,1-3H3,(H,22,24)(H,23,25). The van der Waals surface area contributed by atoms with Crippen LogP contribution < -0.4 is 15.6 Å². The number of hydrazine groups is 1. The lowest BCUT2D eigenvalue weighted by Gasteiger charge is -2.23. The predicted molar refractivity (Wildman–Crippen MR) is 102 cm³/mol. The van der Waals surface area contributed by atoms with Crippen LogP contribution in [0.5, 0.6) is 5.75 Å². The number of benzene rings is 2. The van der Waals surface area contributed by atoms with E-state index in [1.54, 1.807) is 0 Å². The highest BCUT2D eigenvalue weighted by Gasteiger charge is 2.17. The molecule has 0 saturated carbocycles. The van der Waals surface area contributed by atoms with Gasteiger partial charge in [-0.05, 0) is 35.1 Å². The van der Waals surface area contributed by atoms with E-state index in [1.165, 1.54) is 5.56 Å². The van der Waals surface area contributed by atoms with Crippen LogP contribution >= 0.6 is 0 Å². The van der Waals surface area contributed by atoms with Crippen molar-refractivity contribution in [1.29, 1.82) is 0 Å². The summed E-state index contributed by atoms with van der Waals surface area (Å²) in [5, 5.41) is 0. The highest BCUT2D eigenvalue weighted by molar-refractivity contribution is 5.83. The van der Waals surface area contributed by atoms with Gasteiger partial charge in [0.1, 0.15) is 5.75 Å². The van der Waals surface area contributed by atoms with Crippen molar-refractivity contribution in [2.75, 3.05) is 6.61 Å². The molecule has 0 saturated heterocycles. The van der Waals surface area contributed by atoms with Crippen LogP contribution in [0.2, 0.25) is 0 Å². The number of carbonyl (C=O) groups is 2. The Hall–Kier alpha value is -2.82. The highest BCUT2D eigenvalue weighted by Crippen LogP contribution is 2.27. The molecule has 5 heteroatoms. The Bertz CT molecular complexity index is 725. The molecule has 5 nitrogen and oxygen atoms in total. The smallest absolute Gasteiger partial charge is 0.276 e. The molecule has 0 heterocycles. The molecule has 0 spiro atoms. The molecule has 0 fully saturated rings. The van der Waals surface area contributed by atoms with Crippen molar-refractivity contribution in [3.8, 4) is 5.75 Å². The second-order valence-electron chi connectivity index (χ2n) is 6.81. The molecule has 0 aliphatic heterocycles. The summed E-state index contributed by atoms with van der Waals surface area (Å²) >= 11 is 0. The molecule has 0 radical (unpaired) electrons. The van der Waals surface area contributed by atoms with E-state index in [2.05, 4.69) is 31.6 Å². The van der Waals surface area contributed by atoms with E-state index in [0.717, 1.165) is 12.0 Å². The average Bonchev–Trinajstić information content (AvgIpc) is 2.66. The number of carbonyl (C=O) groups excluding carboxylic acids is 2.